The summed E-state index contributed by atoms with van der Waals surface area (Å²) in [6.07, 6.45) is 4.49. The van der Waals surface area contributed by atoms with Crippen molar-refractivity contribution in [2.24, 2.45) is 10.9 Å². The Kier molecular flexibility index (Phi) is 6.04. The molecule has 2 N–H and O–H groups in total. The molecule has 0 aliphatic carbocycles. The summed E-state index contributed by atoms with van der Waals surface area (Å²) in [7, 11) is 3.52. The summed E-state index contributed by atoms with van der Waals surface area (Å²) in [5.41, 5.74) is 2.20. The third-order valence-electron chi connectivity index (χ3n) is 5.03. The zero-order valence-corrected chi connectivity index (χ0v) is 15.5. The smallest absolute Gasteiger partial charge is 0.220 e. The summed E-state index contributed by atoms with van der Waals surface area (Å²) >= 11 is 0. The van der Waals surface area contributed by atoms with Gasteiger partial charge in [0.1, 0.15) is 0 Å². The van der Waals surface area contributed by atoms with Crippen LogP contribution in [0.5, 0.6) is 0 Å². The molecule has 0 unspecified atom stereocenters. The largest absolute Gasteiger partial charge is 0.359 e. The first-order chi connectivity index (χ1) is 12.7. The third kappa shape index (κ3) is 4.31. The predicted molar refractivity (Wildman–Crippen MR) is 105 cm³/mol. The fourth-order valence-corrected chi connectivity index (χ4v) is 3.53. The van der Waals surface area contributed by atoms with Crippen molar-refractivity contribution in [3.05, 3.63) is 42.1 Å². The molecular formula is C20H27N5O. The van der Waals surface area contributed by atoms with Crippen molar-refractivity contribution in [2.75, 3.05) is 27.2 Å². The van der Waals surface area contributed by atoms with Crippen molar-refractivity contribution in [3.8, 4) is 0 Å². The molecule has 1 aliphatic heterocycles. The zero-order valence-electron chi connectivity index (χ0n) is 15.5. The van der Waals surface area contributed by atoms with Gasteiger partial charge in [-0.25, -0.2) is 0 Å². The van der Waals surface area contributed by atoms with Gasteiger partial charge >= 0.3 is 0 Å². The van der Waals surface area contributed by atoms with E-state index in [9.17, 15) is 4.79 Å². The van der Waals surface area contributed by atoms with E-state index in [1.54, 1.807) is 7.05 Å². The minimum Gasteiger partial charge on any atom is -0.359 e. The molecule has 0 atom stereocenters. The van der Waals surface area contributed by atoms with Crippen molar-refractivity contribution < 1.29 is 4.79 Å². The number of fused-ring (bicyclic) bond motifs is 1. The van der Waals surface area contributed by atoms with Gasteiger partial charge in [0.25, 0.3) is 0 Å². The molecule has 0 saturated carbocycles. The Morgan fingerprint density at radius 3 is 2.77 bits per heavy atom. The van der Waals surface area contributed by atoms with Crippen LogP contribution in [0.2, 0.25) is 0 Å². The molecule has 0 bridgehead atoms. The van der Waals surface area contributed by atoms with E-state index in [0.717, 1.165) is 42.8 Å². The van der Waals surface area contributed by atoms with Crippen LogP contribution in [0.15, 0.2) is 41.5 Å². The van der Waals surface area contributed by atoms with Crippen LogP contribution >= 0.6 is 0 Å². The number of pyridine rings is 1. The number of nitrogens with one attached hydrogen (secondary N) is 2. The number of likely N-dealkylation sites (tertiary alicyclic amines) is 1. The number of hydrogen-bond acceptors (Lipinski definition) is 3. The first-order valence-electron chi connectivity index (χ1n) is 9.20. The maximum atomic E-state index is 11.6. The number of aromatic nitrogens is 1. The van der Waals surface area contributed by atoms with E-state index in [1.807, 2.05) is 19.3 Å². The van der Waals surface area contributed by atoms with E-state index in [-0.39, 0.29) is 5.91 Å². The highest BCUT2D eigenvalue weighted by molar-refractivity contribution is 5.83. The van der Waals surface area contributed by atoms with Crippen LogP contribution in [0.4, 0.5) is 0 Å². The Balaban J connectivity index is 1.58. The van der Waals surface area contributed by atoms with Crippen LogP contribution in [0.25, 0.3) is 10.9 Å². The zero-order chi connectivity index (χ0) is 18.4. The van der Waals surface area contributed by atoms with E-state index >= 15 is 0 Å². The number of para-hydroxylation sites is 1. The Morgan fingerprint density at radius 1 is 1.27 bits per heavy atom. The van der Waals surface area contributed by atoms with Crippen molar-refractivity contribution in [2.45, 2.75) is 25.8 Å². The fraction of sp³-hybridized carbons (Fsp3) is 0.450. The van der Waals surface area contributed by atoms with Gasteiger partial charge in [-0.15, -0.1) is 0 Å². The number of hydrogen-bond donors (Lipinski definition) is 2. The number of guanidine groups is 1. The van der Waals surface area contributed by atoms with E-state index < -0.39 is 0 Å². The van der Waals surface area contributed by atoms with Gasteiger partial charge in [0.15, 0.2) is 5.96 Å². The molecule has 1 aliphatic rings. The highest BCUT2D eigenvalue weighted by Crippen LogP contribution is 2.21. The van der Waals surface area contributed by atoms with Gasteiger partial charge in [-0.1, -0.05) is 24.3 Å². The van der Waals surface area contributed by atoms with Crippen molar-refractivity contribution in [1.29, 1.82) is 0 Å². The van der Waals surface area contributed by atoms with E-state index in [4.69, 9.17) is 0 Å². The average Bonchev–Trinajstić information content (AvgIpc) is 2.69. The second-order valence-corrected chi connectivity index (χ2v) is 6.70. The van der Waals surface area contributed by atoms with E-state index in [1.165, 1.54) is 5.56 Å². The molecule has 0 spiro atoms. The molecule has 1 amide bonds. The second-order valence-electron chi connectivity index (χ2n) is 6.70. The predicted octanol–water partition coefficient (Wildman–Crippen LogP) is 2.16. The number of rotatable bonds is 4. The summed E-state index contributed by atoms with van der Waals surface area (Å²) < 4.78 is 0. The number of piperidine rings is 1. The fourth-order valence-electron chi connectivity index (χ4n) is 3.53. The van der Waals surface area contributed by atoms with Crippen molar-refractivity contribution >= 4 is 22.8 Å². The van der Waals surface area contributed by atoms with Gasteiger partial charge in [0.05, 0.1) is 5.52 Å². The van der Waals surface area contributed by atoms with Crippen LogP contribution < -0.4 is 10.6 Å². The van der Waals surface area contributed by atoms with Crippen LogP contribution in [0.3, 0.4) is 0 Å². The molecule has 1 aromatic heterocycles. The summed E-state index contributed by atoms with van der Waals surface area (Å²) in [5, 5.41) is 7.34. The van der Waals surface area contributed by atoms with Crippen LogP contribution in [-0.4, -0.2) is 48.9 Å². The number of benzene rings is 1. The van der Waals surface area contributed by atoms with Crippen LogP contribution in [0, 0.1) is 5.92 Å². The number of nitrogens with zero attached hydrogens (tertiary/aromatic N) is 3. The molecule has 1 saturated heterocycles. The van der Waals surface area contributed by atoms with Crippen LogP contribution in [-0.2, 0) is 11.3 Å². The number of aliphatic imine (C=N–C) groups is 1. The quantitative estimate of drug-likeness (QED) is 0.653. The second kappa shape index (κ2) is 8.65. The Bertz CT molecular complexity index is 775. The summed E-state index contributed by atoms with van der Waals surface area (Å²) in [4.78, 5) is 22.8. The standard InChI is InChI=1S/C20H27N5O/c1-21-18(26)13-15-8-11-25(12-9-15)20(22-2)24-14-17-6-3-5-16-7-4-10-23-19(16)17/h3-7,10,15H,8-9,11-14H2,1-2H3,(H,21,26)(H,22,24). The lowest BCUT2D eigenvalue weighted by Crippen LogP contribution is -2.45. The Hall–Kier alpha value is -2.63. The Labute approximate surface area is 154 Å². The molecule has 138 valence electrons. The lowest BCUT2D eigenvalue weighted by molar-refractivity contribution is -0.121. The Morgan fingerprint density at radius 2 is 2.04 bits per heavy atom. The van der Waals surface area contributed by atoms with Gasteiger partial charge in [-0.05, 0) is 30.4 Å². The van der Waals surface area contributed by atoms with Crippen molar-refractivity contribution in [1.82, 2.24) is 20.5 Å². The number of amides is 1. The van der Waals surface area contributed by atoms with Crippen LogP contribution in [0.1, 0.15) is 24.8 Å². The summed E-state index contributed by atoms with van der Waals surface area (Å²) in [6.45, 7) is 2.55. The summed E-state index contributed by atoms with van der Waals surface area (Å²) in [6, 6.07) is 10.3. The number of carbonyl (C=O) groups excluding carboxylic acids is 1. The van der Waals surface area contributed by atoms with Gasteiger partial charge in [0, 0.05) is 51.7 Å². The van der Waals surface area contributed by atoms with Gasteiger partial charge in [0.2, 0.25) is 5.91 Å². The molecule has 26 heavy (non-hydrogen) atoms. The molecular weight excluding hydrogens is 326 g/mol. The third-order valence-corrected chi connectivity index (χ3v) is 5.03. The maximum Gasteiger partial charge on any atom is 0.220 e. The SMILES string of the molecule is CN=C(NCc1cccc2cccnc12)N1CCC(CC(=O)NC)CC1. The monoisotopic (exact) mass is 353 g/mol. The van der Waals surface area contributed by atoms with Gasteiger partial charge in [-0.3, -0.25) is 14.8 Å². The molecule has 0 radical (unpaired) electrons. The minimum atomic E-state index is 0.134. The molecule has 6 nitrogen and oxygen atoms in total. The topological polar surface area (TPSA) is 69.6 Å². The highest BCUT2D eigenvalue weighted by Gasteiger charge is 2.23. The molecule has 6 heteroatoms. The van der Waals surface area contributed by atoms with E-state index in [0.29, 0.717) is 18.9 Å². The lowest BCUT2D eigenvalue weighted by Gasteiger charge is -2.34. The molecule has 2 heterocycles. The molecule has 1 fully saturated rings. The van der Waals surface area contributed by atoms with Crippen molar-refractivity contribution in [3.63, 3.8) is 0 Å². The van der Waals surface area contributed by atoms with Gasteiger partial charge in [-0.2, -0.15) is 0 Å². The normalized spacial score (nSPS) is 15.9. The minimum absolute atomic E-state index is 0.134. The first kappa shape index (κ1) is 18.2. The maximum absolute atomic E-state index is 11.6. The van der Waals surface area contributed by atoms with E-state index in [2.05, 4.69) is 49.8 Å². The van der Waals surface area contributed by atoms with Gasteiger partial charge < -0.3 is 15.5 Å². The average molecular weight is 353 g/mol. The highest BCUT2D eigenvalue weighted by atomic mass is 16.1. The molecule has 1 aromatic carbocycles. The number of carbonyl (C=O) groups is 1. The molecule has 3 rings (SSSR count). The summed E-state index contributed by atoms with van der Waals surface area (Å²) in [5.74, 6) is 1.51. The first-order valence-corrected chi connectivity index (χ1v) is 9.20. The molecule has 2 aromatic rings. The lowest BCUT2D eigenvalue weighted by atomic mass is 9.93.